The summed E-state index contributed by atoms with van der Waals surface area (Å²) in [4.78, 5) is 11.9. The molecule has 0 fully saturated rings. The Bertz CT molecular complexity index is 226. The smallest absolute Gasteiger partial charge is 0.222 e. The molecule has 0 aliphatic carbocycles. The van der Waals surface area contributed by atoms with Crippen LogP contribution in [0.1, 0.15) is 34.1 Å². The van der Waals surface area contributed by atoms with E-state index in [1.165, 1.54) is 0 Å². The first kappa shape index (κ1) is 13.4. The van der Waals surface area contributed by atoms with Crippen molar-refractivity contribution in [1.82, 2.24) is 5.32 Å². The van der Waals surface area contributed by atoms with Crippen LogP contribution in [0.5, 0.6) is 0 Å². The van der Waals surface area contributed by atoms with E-state index in [1.807, 2.05) is 27.7 Å². The zero-order valence-corrected chi connectivity index (χ0v) is 10.2. The Morgan fingerprint density at radius 2 is 2.07 bits per heavy atom. The normalized spacial score (nSPS) is 13.4. The van der Waals surface area contributed by atoms with Crippen LogP contribution in [0, 0.1) is 11.3 Å². The van der Waals surface area contributed by atoms with E-state index in [0.29, 0.717) is 11.5 Å². The molecule has 1 amide bonds. The van der Waals surface area contributed by atoms with E-state index in [1.54, 1.807) is 0 Å². The zero-order chi connectivity index (χ0) is 11.4. The van der Waals surface area contributed by atoms with Gasteiger partial charge >= 0.3 is 0 Å². The molecule has 0 aliphatic heterocycles. The zero-order valence-electron chi connectivity index (χ0n) is 9.39. The fourth-order valence-corrected chi connectivity index (χ4v) is 0.827. The minimum atomic E-state index is -0.307. The van der Waals surface area contributed by atoms with Gasteiger partial charge in [0.05, 0.1) is 4.99 Å². The summed E-state index contributed by atoms with van der Waals surface area (Å²) in [6.07, 6.45) is 0.847. The molecule has 0 heterocycles. The minimum Gasteiger partial charge on any atom is -0.393 e. The number of rotatable bonds is 5. The fourth-order valence-electron chi connectivity index (χ4n) is 0.755. The Morgan fingerprint density at radius 3 is 2.43 bits per heavy atom. The summed E-state index contributed by atoms with van der Waals surface area (Å²) in [5.41, 5.74) is 5.24. The summed E-state index contributed by atoms with van der Waals surface area (Å²) in [7, 11) is 0. The highest BCUT2D eigenvalue weighted by atomic mass is 32.1. The molecule has 0 aliphatic rings. The lowest BCUT2D eigenvalue weighted by Gasteiger charge is -2.24. The van der Waals surface area contributed by atoms with Crippen molar-refractivity contribution in [3.63, 3.8) is 0 Å². The van der Waals surface area contributed by atoms with Crippen molar-refractivity contribution in [3.05, 3.63) is 0 Å². The van der Waals surface area contributed by atoms with Crippen molar-refractivity contribution in [3.8, 4) is 0 Å². The van der Waals surface area contributed by atoms with E-state index in [2.05, 4.69) is 5.32 Å². The van der Waals surface area contributed by atoms with Crippen molar-refractivity contribution in [2.45, 2.75) is 34.1 Å². The van der Waals surface area contributed by atoms with Gasteiger partial charge in [-0.15, -0.1) is 0 Å². The summed E-state index contributed by atoms with van der Waals surface area (Å²) in [6, 6.07) is 0. The van der Waals surface area contributed by atoms with Gasteiger partial charge in [-0.25, -0.2) is 0 Å². The van der Waals surface area contributed by atoms with Gasteiger partial charge in [0.1, 0.15) is 0 Å². The number of hydrogen-bond donors (Lipinski definition) is 2. The number of nitrogens with two attached hydrogens (primary N) is 1. The molecule has 82 valence electrons. The molecule has 4 heteroatoms. The maximum atomic E-state index is 11.4. The second kappa shape index (κ2) is 5.29. The predicted molar refractivity (Wildman–Crippen MR) is 63.0 cm³/mol. The van der Waals surface area contributed by atoms with Gasteiger partial charge in [-0.05, 0) is 6.42 Å². The molecule has 0 saturated carbocycles. The largest absolute Gasteiger partial charge is 0.393 e. The van der Waals surface area contributed by atoms with Gasteiger partial charge < -0.3 is 11.1 Å². The second-order valence-electron chi connectivity index (χ2n) is 4.28. The van der Waals surface area contributed by atoms with Crippen LogP contribution in [0.4, 0.5) is 0 Å². The molecule has 3 nitrogen and oxygen atoms in total. The molecule has 0 aromatic heterocycles. The van der Waals surface area contributed by atoms with E-state index >= 15 is 0 Å². The summed E-state index contributed by atoms with van der Waals surface area (Å²) >= 11 is 4.90. The third-order valence-corrected chi connectivity index (χ3v) is 2.98. The highest BCUT2D eigenvalue weighted by Gasteiger charge is 2.22. The third kappa shape index (κ3) is 4.05. The number of nitrogens with one attached hydrogen (secondary N) is 1. The SMILES string of the molecule is CCC(C)C(=O)NCC(C)(C)C(N)=S. The summed E-state index contributed by atoms with van der Waals surface area (Å²) < 4.78 is 0. The lowest BCUT2D eigenvalue weighted by atomic mass is 9.93. The molecule has 1 atom stereocenters. The summed E-state index contributed by atoms with van der Waals surface area (Å²) in [5.74, 6) is 0.119. The van der Waals surface area contributed by atoms with Crippen LogP contribution in [0.3, 0.4) is 0 Å². The number of carbonyl (C=O) groups is 1. The molecule has 1 unspecified atom stereocenters. The fraction of sp³-hybridized carbons (Fsp3) is 0.800. The van der Waals surface area contributed by atoms with Crippen LogP contribution < -0.4 is 11.1 Å². The van der Waals surface area contributed by atoms with Crippen LogP contribution in [0.25, 0.3) is 0 Å². The maximum absolute atomic E-state index is 11.4. The second-order valence-corrected chi connectivity index (χ2v) is 4.72. The Balaban J connectivity index is 4.06. The first-order valence-electron chi connectivity index (χ1n) is 4.89. The molecule has 0 saturated heterocycles. The Hall–Kier alpha value is -0.640. The van der Waals surface area contributed by atoms with Crippen LogP contribution in [0.2, 0.25) is 0 Å². The lowest BCUT2D eigenvalue weighted by molar-refractivity contribution is -0.124. The van der Waals surface area contributed by atoms with E-state index in [9.17, 15) is 4.79 Å². The molecule has 0 spiro atoms. The van der Waals surface area contributed by atoms with Gasteiger partial charge in [-0.2, -0.15) is 0 Å². The van der Waals surface area contributed by atoms with Crippen LogP contribution >= 0.6 is 12.2 Å². The van der Waals surface area contributed by atoms with Crippen molar-refractivity contribution < 1.29 is 4.79 Å². The molecule has 0 aromatic carbocycles. The van der Waals surface area contributed by atoms with E-state index in [0.717, 1.165) is 6.42 Å². The van der Waals surface area contributed by atoms with Crippen molar-refractivity contribution in [1.29, 1.82) is 0 Å². The topological polar surface area (TPSA) is 55.1 Å². The number of hydrogen-bond acceptors (Lipinski definition) is 2. The molecule has 3 N–H and O–H groups in total. The van der Waals surface area contributed by atoms with Crippen LogP contribution in [-0.4, -0.2) is 17.4 Å². The molecule has 0 bridgehead atoms. The molecule has 0 radical (unpaired) electrons. The third-order valence-electron chi connectivity index (χ3n) is 2.43. The number of carbonyl (C=O) groups excluding carboxylic acids is 1. The monoisotopic (exact) mass is 216 g/mol. The molecular weight excluding hydrogens is 196 g/mol. The average Bonchev–Trinajstić information content (AvgIpc) is 2.12. The van der Waals surface area contributed by atoms with Gasteiger partial charge in [0.2, 0.25) is 5.91 Å². The Kier molecular flexibility index (Phi) is 5.05. The molecular formula is C10H20N2OS. The highest BCUT2D eigenvalue weighted by molar-refractivity contribution is 7.80. The lowest BCUT2D eigenvalue weighted by Crippen LogP contribution is -2.42. The van der Waals surface area contributed by atoms with E-state index < -0.39 is 0 Å². The summed E-state index contributed by atoms with van der Waals surface area (Å²) in [5, 5.41) is 2.85. The van der Waals surface area contributed by atoms with Crippen molar-refractivity contribution in [2.24, 2.45) is 17.1 Å². The average molecular weight is 216 g/mol. The minimum absolute atomic E-state index is 0.0529. The number of amides is 1. The first-order chi connectivity index (χ1) is 6.31. The van der Waals surface area contributed by atoms with Gasteiger partial charge in [0.25, 0.3) is 0 Å². The Morgan fingerprint density at radius 1 is 1.57 bits per heavy atom. The number of thiocarbonyl (C=S) groups is 1. The van der Waals surface area contributed by atoms with E-state index in [4.69, 9.17) is 18.0 Å². The standard InChI is InChI=1S/C10H20N2OS/c1-5-7(2)8(13)12-6-10(3,4)9(11)14/h7H,5-6H2,1-4H3,(H2,11,14)(H,12,13). The van der Waals surface area contributed by atoms with Gasteiger partial charge in [0.15, 0.2) is 0 Å². The first-order valence-corrected chi connectivity index (χ1v) is 5.29. The highest BCUT2D eigenvalue weighted by Crippen LogP contribution is 2.13. The maximum Gasteiger partial charge on any atom is 0.222 e. The van der Waals surface area contributed by atoms with Gasteiger partial charge in [-0.1, -0.05) is 39.9 Å². The van der Waals surface area contributed by atoms with Crippen LogP contribution in [-0.2, 0) is 4.79 Å². The predicted octanol–water partition coefficient (Wildman–Crippen LogP) is 1.46. The van der Waals surface area contributed by atoms with E-state index in [-0.39, 0.29) is 17.2 Å². The Labute approximate surface area is 91.4 Å². The van der Waals surface area contributed by atoms with Crippen molar-refractivity contribution >= 4 is 23.1 Å². The summed E-state index contributed by atoms with van der Waals surface area (Å²) in [6.45, 7) is 8.25. The molecule has 0 rings (SSSR count). The molecule has 14 heavy (non-hydrogen) atoms. The van der Waals surface area contributed by atoms with Gasteiger partial charge in [0, 0.05) is 17.9 Å². The molecule has 0 aromatic rings. The van der Waals surface area contributed by atoms with Crippen molar-refractivity contribution in [2.75, 3.05) is 6.54 Å². The van der Waals surface area contributed by atoms with Gasteiger partial charge in [-0.3, -0.25) is 4.79 Å². The quantitative estimate of drug-likeness (QED) is 0.684. The van der Waals surface area contributed by atoms with Crippen LogP contribution in [0.15, 0.2) is 0 Å².